The number of benzene rings is 2. The minimum absolute atomic E-state index is 0.147. The molecule has 0 aliphatic carbocycles. The largest absolute Gasteiger partial charge is 0.493 e. The van der Waals surface area contributed by atoms with Gasteiger partial charge >= 0.3 is 0 Å². The fourth-order valence-electron chi connectivity index (χ4n) is 2.22. The van der Waals surface area contributed by atoms with E-state index in [1.165, 1.54) is 21.3 Å². The molecule has 6 nitrogen and oxygen atoms in total. The quantitative estimate of drug-likeness (QED) is 0.670. The zero-order valence-electron chi connectivity index (χ0n) is 14.6. The van der Waals surface area contributed by atoms with Crippen LogP contribution in [0.3, 0.4) is 0 Å². The molecule has 0 aliphatic rings. The van der Waals surface area contributed by atoms with E-state index in [-0.39, 0.29) is 19.1 Å². The van der Waals surface area contributed by atoms with E-state index in [1.807, 2.05) is 0 Å². The molecule has 0 aliphatic heterocycles. The van der Waals surface area contributed by atoms with Gasteiger partial charge in [-0.05, 0) is 35.9 Å². The number of amides is 1. The van der Waals surface area contributed by atoms with E-state index < -0.39 is 0 Å². The monoisotopic (exact) mass is 443 g/mol. The summed E-state index contributed by atoms with van der Waals surface area (Å²) in [7, 11) is 4.61. The summed E-state index contributed by atoms with van der Waals surface area (Å²) in [6.45, 7) is 0.138. The Morgan fingerprint density at radius 3 is 2.23 bits per heavy atom. The summed E-state index contributed by atoms with van der Waals surface area (Å²) in [6, 6.07) is 8.72. The Bertz CT molecular complexity index is 759. The molecule has 8 heteroatoms. The maximum Gasteiger partial charge on any atom is 0.258 e. The first-order chi connectivity index (χ1) is 12.5. The first-order valence-corrected chi connectivity index (χ1v) is 8.79. The van der Waals surface area contributed by atoms with Crippen LogP contribution in [0, 0.1) is 0 Å². The third-order valence-corrected chi connectivity index (χ3v) is 4.26. The Morgan fingerprint density at radius 2 is 1.69 bits per heavy atom. The van der Waals surface area contributed by atoms with E-state index in [1.54, 1.807) is 30.3 Å². The Kier molecular flexibility index (Phi) is 7.41. The number of ether oxygens (including phenoxy) is 4. The number of hydrogen-bond acceptors (Lipinski definition) is 5. The molecule has 0 bridgehead atoms. The molecule has 1 amide bonds. The zero-order chi connectivity index (χ0) is 19.1. The van der Waals surface area contributed by atoms with Gasteiger partial charge in [0.2, 0.25) is 5.75 Å². The van der Waals surface area contributed by atoms with Crippen molar-refractivity contribution in [3.8, 4) is 23.0 Å². The molecule has 2 rings (SSSR count). The summed E-state index contributed by atoms with van der Waals surface area (Å²) in [4.78, 5) is 12.0. The van der Waals surface area contributed by atoms with Crippen LogP contribution in [0.1, 0.15) is 5.56 Å². The molecule has 26 heavy (non-hydrogen) atoms. The van der Waals surface area contributed by atoms with Crippen molar-refractivity contribution in [1.29, 1.82) is 0 Å². The highest BCUT2D eigenvalue weighted by Gasteiger charge is 2.14. The van der Waals surface area contributed by atoms with Crippen molar-refractivity contribution >= 4 is 33.4 Å². The number of nitrogens with one attached hydrogen (secondary N) is 1. The van der Waals surface area contributed by atoms with Gasteiger partial charge in [0.15, 0.2) is 18.1 Å². The standard InChI is InChI=1S/C18H19BrClNO5/c1-23-15-6-11(7-16(24-2)18(15)25-3)9-21-17(22)10-26-14-5-4-12(19)8-13(14)20/h4-8H,9-10H2,1-3H3,(H,21,22). The third-order valence-electron chi connectivity index (χ3n) is 3.47. The van der Waals surface area contributed by atoms with Gasteiger partial charge in [0, 0.05) is 11.0 Å². The van der Waals surface area contributed by atoms with Gasteiger partial charge in [-0.3, -0.25) is 4.79 Å². The van der Waals surface area contributed by atoms with Crippen molar-refractivity contribution in [2.75, 3.05) is 27.9 Å². The van der Waals surface area contributed by atoms with E-state index in [9.17, 15) is 4.79 Å². The molecule has 0 fully saturated rings. The van der Waals surface area contributed by atoms with Crippen molar-refractivity contribution in [1.82, 2.24) is 5.32 Å². The normalized spacial score (nSPS) is 10.2. The van der Waals surface area contributed by atoms with Gasteiger partial charge in [0.1, 0.15) is 5.75 Å². The SMILES string of the molecule is COc1cc(CNC(=O)COc2ccc(Br)cc2Cl)cc(OC)c1OC. The van der Waals surface area contributed by atoms with E-state index in [0.717, 1.165) is 10.0 Å². The number of carbonyl (C=O) groups is 1. The van der Waals surface area contributed by atoms with Crippen LogP contribution in [-0.2, 0) is 11.3 Å². The van der Waals surface area contributed by atoms with Crippen LogP contribution in [0.25, 0.3) is 0 Å². The second kappa shape index (κ2) is 9.54. The number of methoxy groups -OCH3 is 3. The number of halogens is 2. The van der Waals surface area contributed by atoms with E-state index in [4.69, 9.17) is 30.5 Å². The zero-order valence-corrected chi connectivity index (χ0v) is 16.9. The Hall–Kier alpha value is -2.12. The maximum absolute atomic E-state index is 12.0. The average Bonchev–Trinajstić information content (AvgIpc) is 2.64. The molecule has 0 saturated heterocycles. The summed E-state index contributed by atoms with van der Waals surface area (Å²) in [6.07, 6.45) is 0. The fraction of sp³-hybridized carbons (Fsp3) is 0.278. The van der Waals surface area contributed by atoms with Crippen LogP contribution in [0.4, 0.5) is 0 Å². The third kappa shape index (κ3) is 5.19. The molecule has 0 spiro atoms. The van der Waals surface area contributed by atoms with Crippen LogP contribution in [-0.4, -0.2) is 33.8 Å². The van der Waals surface area contributed by atoms with Gasteiger partial charge in [-0.25, -0.2) is 0 Å². The minimum atomic E-state index is -0.280. The van der Waals surface area contributed by atoms with Crippen LogP contribution in [0.5, 0.6) is 23.0 Å². The number of carbonyl (C=O) groups excluding carboxylic acids is 1. The first kappa shape index (κ1) is 20.2. The molecular weight excluding hydrogens is 426 g/mol. The molecule has 0 unspecified atom stereocenters. The molecule has 0 atom stereocenters. The predicted octanol–water partition coefficient (Wildman–Crippen LogP) is 3.82. The van der Waals surface area contributed by atoms with Crippen LogP contribution < -0.4 is 24.3 Å². The fourth-order valence-corrected chi connectivity index (χ4v) is 2.95. The van der Waals surface area contributed by atoms with Gasteiger partial charge in [0.25, 0.3) is 5.91 Å². The Morgan fingerprint density at radius 1 is 1.04 bits per heavy atom. The molecule has 1 N–H and O–H groups in total. The summed E-state index contributed by atoms with van der Waals surface area (Å²) in [5.41, 5.74) is 0.800. The lowest BCUT2D eigenvalue weighted by Crippen LogP contribution is -2.28. The molecule has 2 aromatic rings. The number of rotatable bonds is 8. The molecule has 2 aromatic carbocycles. The topological polar surface area (TPSA) is 66.0 Å². The van der Waals surface area contributed by atoms with Gasteiger partial charge < -0.3 is 24.3 Å². The van der Waals surface area contributed by atoms with E-state index >= 15 is 0 Å². The second-order valence-corrected chi connectivity index (χ2v) is 6.50. The lowest BCUT2D eigenvalue weighted by Gasteiger charge is -2.14. The van der Waals surface area contributed by atoms with Gasteiger partial charge in [-0.15, -0.1) is 0 Å². The minimum Gasteiger partial charge on any atom is -0.493 e. The maximum atomic E-state index is 12.0. The van der Waals surface area contributed by atoms with Crippen molar-refractivity contribution in [3.05, 3.63) is 45.4 Å². The molecular formula is C18H19BrClNO5. The van der Waals surface area contributed by atoms with Gasteiger partial charge in [-0.1, -0.05) is 27.5 Å². The van der Waals surface area contributed by atoms with Gasteiger partial charge in [0.05, 0.1) is 26.4 Å². The van der Waals surface area contributed by atoms with Crippen LogP contribution in [0.15, 0.2) is 34.8 Å². The second-order valence-electron chi connectivity index (χ2n) is 5.17. The molecule has 140 valence electrons. The van der Waals surface area contributed by atoms with Crippen molar-refractivity contribution in [2.24, 2.45) is 0 Å². The van der Waals surface area contributed by atoms with Crippen molar-refractivity contribution in [2.45, 2.75) is 6.54 Å². The highest BCUT2D eigenvalue weighted by molar-refractivity contribution is 9.10. The van der Waals surface area contributed by atoms with E-state index in [0.29, 0.717) is 28.0 Å². The van der Waals surface area contributed by atoms with Crippen molar-refractivity contribution in [3.63, 3.8) is 0 Å². The average molecular weight is 445 g/mol. The summed E-state index contributed by atoms with van der Waals surface area (Å²) in [5.74, 6) is 1.71. The predicted molar refractivity (Wildman–Crippen MR) is 103 cm³/mol. The summed E-state index contributed by atoms with van der Waals surface area (Å²) >= 11 is 9.37. The highest BCUT2D eigenvalue weighted by atomic mass is 79.9. The van der Waals surface area contributed by atoms with E-state index in [2.05, 4.69) is 21.2 Å². The lowest BCUT2D eigenvalue weighted by atomic mass is 10.1. The van der Waals surface area contributed by atoms with Crippen LogP contribution >= 0.6 is 27.5 Å². The smallest absolute Gasteiger partial charge is 0.258 e. The first-order valence-electron chi connectivity index (χ1n) is 7.62. The lowest BCUT2D eigenvalue weighted by molar-refractivity contribution is -0.123. The molecule has 0 saturated carbocycles. The highest BCUT2D eigenvalue weighted by Crippen LogP contribution is 2.38. The molecule has 0 radical (unpaired) electrons. The number of hydrogen-bond donors (Lipinski definition) is 1. The summed E-state index contributed by atoms with van der Waals surface area (Å²) < 4.78 is 22.1. The Labute approximate surface area is 165 Å². The van der Waals surface area contributed by atoms with Crippen molar-refractivity contribution < 1.29 is 23.7 Å². The summed E-state index contributed by atoms with van der Waals surface area (Å²) in [5, 5.41) is 3.20. The Balaban J connectivity index is 1.96. The van der Waals surface area contributed by atoms with Crippen LogP contribution in [0.2, 0.25) is 5.02 Å². The molecule has 0 aromatic heterocycles. The molecule has 0 heterocycles. The van der Waals surface area contributed by atoms with Gasteiger partial charge in [-0.2, -0.15) is 0 Å².